The van der Waals surface area contributed by atoms with Gasteiger partial charge < -0.3 is 4.90 Å². The fourth-order valence-corrected chi connectivity index (χ4v) is 6.73. The molecule has 2 aromatic rings. The molecule has 5 nitrogen and oxygen atoms in total. The second-order valence-electron chi connectivity index (χ2n) is 9.10. The van der Waals surface area contributed by atoms with Gasteiger partial charge in [-0.25, -0.2) is 8.42 Å². The molecule has 0 aromatic heterocycles. The molecule has 4 rings (SSSR count). The van der Waals surface area contributed by atoms with Crippen LogP contribution in [0.1, 0.15) is 45.4 Å². The lowest BCUT2D eigenvalue weighted by molar-refractivity contribution is -0.123. The van der Waals surface area contributed by atoms with E-state index >= 15 is 0 Å². The molecule has 2 aromatic carbocycles. The Morgan fingerprint density at radius 3 is 2.48 bits per heavy atom. The molecule has 2 saturated heterocycles. The molecule has 0 spiro atoms. The third-order valence-corrected chi connectivity index (χ3v) is 8.79. The summed E-state index contributed by atoms with van der Waals surface area (Å²) < 4.78 is 28.4. The maximum absolute atomic E-state index is 13.4. The molecular formula is C25H34N2O3S. The Bertz CT molecular complexity index is 1010. The van der Waals surface area contributed by atoms with Gasteiger partial charge in [0.2, 0.25) is 10.0 Å². The number of benzene rings is 2. The zero-order valence-corrected chi connectivity index (χ0v) is 19.3. The van der Waals surface area contributed by atoms with E-state index in [1.165, 1.54) is 19.3 Å². The summed E-state index contributed by atoms with van der Waals surface area (Å²) in [5, 5.41) is 1.94. The molecule has 2 fully saturated rings. The first-order valence-corrected chi connectivity index (χ1v) is 13.2. The lowest BCUT2D eigenvalue weighted by Gasteiger charge is -2.26. The fourth-order valence-electron chi connectivity index (χ4n) is 5.17. The van der Waals surface area contributed by atoms with Crippen LogP contribution >= 0.6 is 0 Å². The number of Topliss-reactive ketones (excluding diaryl/α,β-unsaturated/α-hetero) is 1. The van der Waals surface area contributed by atoms with Crippen molar-refractivity contribution in [1.82, 2.24) is 9.21 Å². The summed E-state index contributed by atoms with van der Waals surface area (Å²) in [5.41, 5.74) is 0. The lowest BCUT2D eigenvalue weighted by atomic mass is 9.87. The Hall–Kier alpha value is -1.76. The van der Waals surface area contributed by atoms with Gasteiger partial charge in [-0.1, -0.05) is 50.1 Å². The monoisotopic (exact) mass is 442 g/mol. The van der Waals surface area contributed by atoms with Crippen molar-refractivity contribution in [2.75, 3.05) is 32.7 Å². The number of carbonyl (C=O) groups excluding carboxylic acids is 1. The van der Waals surface area contributed by atoms with Gasteiger partial charge in [0.05, 0.1) is 4.90 Å². The number of fused-ring (bicyclic) bond motifs is 1. The van der Waals surface area contributed by atoms with Crippen molar-refractivity contribution in [2.24, 2.45) is 11.8 Å². The number of carbonyl (C=O) groups is 1. The second-order valence-corrected chi connectivity index (χ2v) is 11.0. The second kappa shape index (κ2) is 9.80. The number of likely N-dealkylation sites (tertiary alicyclic amines) is 1. The van der Waals surface area contributed by atoms with E-state index in [4.69, 9.17) is 0 Å². The topological polar surface area (TPSA) is 57.7 Å². The predicted octanol–water partition coefficient (Wildman–Crippen LogP) is 4.32. The van der Waals surface area contributed by atoms with Gasteiger partial charge in [0.15, 0.2) is 0 Å². The minimum Gasteiger partial charge on any atom is -0.303 e. The van der Waals surface area contributed by atoms with E-state index in [9.17, 15) is 13.2 Å². The molecule has 31 heavy (non-hydrogen) atoms. The van der Waals surface area contributed by atoms with Gasteiger partial charge in [-0.05, 0) is 61.2 Å². The lowest BCUT2D eigenvalue weighted by Crippen LogP contribution is -2.34. The summed E-state index contributed by atoms with van der Waals surface area (Å²) in [6.07, 6.45) is 6.11. The molecule has 0 amide bonds. The van der Waals surface area contributed by atoms with Gasteiger partial charge in [0.1, 0.15) is 5.78 Å². The molecule has 168 valence electrons. The molecule has 0 saturated carbocycles. The number of hydrogen-bond acceptors (Lipinski definition) is 4. The maximum atomic E-state index is 13.4. The minimum atomic E-state index is -3.61. The highest BCUT2D eigenvalue weighted by Gasteiger charge is 2.41. The highest BCUT2D eigenvalue weighted by Crippen LogP contribution is 2.33. The Morgan fingerprint density at radius 2 is 1.74 bits per heavy atom. The SMILES string of the molecule is CCC[C@H]1CN(S(=O)(=O)c2ccc3ccccc3c2)CC1C(=O)CCN1CCCCC1. The summed E-state index contributed by atoms with van der Waals surface area (Å²) in [7, 11) is -3.61. The van der Waals surface area contributed by atoms with E-state index in [0.717, 1.165) is 43.2 Å². The summed E-state index contributed by atoms with van der Waals surface area (Å²) >= 11 is 0. The Kier molecular flexibility index (Phi) is 7.09. The maximum Gasteiger partial charge on any atom is 0.243 e. The van der Waals surface area contributed by atoms with Crippen LogP contribution in [-0.2, 0) is 14.8 Å². The minimum absolute atomic E-state index is 0.120. The van der Waals surface area contributed by atoms with Crippen LogP contribution in [0.2, 0.25) is 0 Å². The number of piperidine rings is 1. The van der Waals surface area contributed by atoms with Crippen molar-refractivity contribution >= 4 is 26.6 Å². The van der Waals surface area contributed by atoms with Crippen LogP contribution in [0.5, 0.6) is 0 Å². The molecular weight excluding hydrogens is 408 g/mol. The fraction of sp³-hybridized carbons (Fsp3) is 0.560. The van der Waals surface area contributed by atoms with Crippen molar-refractivity contribution in [1.29, 1.82) is 0 Å². The number of sulfonamides is 1. The molecule has 0 radical (unpaired) electrons. The number of rotatable bonds is 8. The van der Waals surface area contributed by atoms with Crippen molar-refractivity contribution in [3.8, 4) is 0 Å². The Balaban J connectivity index is 1.48. The Labute approximate surface area is 186 Å². The van der Waals surface area contributed by atoms with Crippen LogP contribution in [-0.4, -0.2) is 56.1 Å². The van der Waals surface area contributed by atoms with Gasteiger partial charge in [-0.3, -0.25) is 4.79 Å². The molecule has 0 aliphatic carbocycles. The third-order valence-electron chi connectivity index (χ3n) is 6.96. The van der Waals surface area contributed by atoms with Crippen molar-refractivity contribution < 1.29 is 13.2 Å². The average molecular weight is 443 g/mol. The summed E-state index contributed by atoms with van der Waals surface area (Å²) in [5.74, 6) is 0.175. The number of ketones is 1. The van der Waals surface area contributed by atoms with E-state index in [2.05, 4.69) is 11.8 Å². The predicted molar refractivity (Wildman–Crippen MR) is 125 cm³/mol. The van der Waals surface area contributed by atoms with Crippen LogP contribution in [0.4, 0.5) is 0 Å². The molecule has 2 atom stereocenters. The normalized spacial score (nSPS) is 23.4. The van der Waals surface area contributed by atoms with Gasteiger partial charge >= 0.3 is 0 Å². The van der Waals surface area contributed by atoms with Gasteiger partial charge in [0, 0.05) is 32.0 Å². The van der Waals surface area contributed by atoms with Gasteiger partial charge in [0.25, 0.3) is 0 Å². The quantitative estimate of drug-likeness (QED) is 0.611. The molecule has 2 heterocycles. The van der Waals surface area contributed by atoms with E-state index in [-0.39, 0.29) is 17.6 Å². The van der Waals surface area contributed by atoms with Crippen molar-refractivity contribution in [3.63, 3.8) is 0 Å². The van der Waals surface area contributed by atoms with Crippen molar-refractivity contribution in [3.05, 3.63) is 42.5 Å². The molecule has 6 heteroatoms. The largest absolute Gasteiger partial charge is 0.303 e. The van der Waals surface area contributed by atoms with Crippen LogP contribution in [0.25, 0.3) is 10.8 Å². The first-order valence-electron chi connectivity index (χ1n) is 11.7. The molecule has 0 N–H and O–H groups in total. The van der Waals surface area contributed by atoms with Gasteiger partial charge in [-0.2, -0.15) is 4.31 Å². The first kappa shape index (κ1) is 22.4. The van der Waals surface area contributed by atoms with Crippen LogP contribution < -0.4 is 0 Å². The van der Waals surface area contributed by atoms with E-state index in [0.29, 0.717) is 24.4 Å². The summed E-state index contributed by atoms with van der Waals surface area (Å²) in [6, 6.07) is 13.1. The van der Waals surface area contributed by atoms with Crippen LogP contribution in [0, 0.1) is 11.8 Å². The van der Waals surface area contributed by atoms with Gasteiger partial charge in [-0.15, -0.1) is 0 Å². The molecule has 2 aliphatic rings. The first-order chi connectivity index (χ1) is 15.0. The highest BCUT2D eigenvalue weighted by molar-refractivity contribution is 7.89. The average Bonchev–Trinajstić information content (AvgIpc) is 3.23. The van der Waals surface area contributed by atoms with Crippen LogP contribution in [0.3, 0.4) is 0 Å². The number of nitrogens with zero attached hydrogens (tertiary/aromatic N) is 2. The van der Waals surface area contributed by atoms with E-state index < -0.39 is 10.0 Å². The zero-order chi connectivity index (χ0) is 21.8. The standard InChI is InChI=1S/C25H34N2O3S/c1-2-8-22-18-27(19-24(22)25(28)13-16-26-14-6-3-7-15-26)31(29,30)23-12-11-20-9-4-5-10-21(20)17-23/h4-5,9-12,17,22,24H,2-3,6-8,13-16,18-19H2,1H3/t22-,24?/m0/s1. The zero-order valence-electron chi connectivity index (χ0n) is 18.5. The van der Waals surface area contributed by atoms with Crippen LogP contribution in [0.15, 0.2) is 47.4 Å². The third kappa shape index (κ3) is 5.02. The Morgan fingerprint density at radius 1 is 1.00 bits per heavy atom. The van der Waals surface area contributed by atoms with E-state index in [1.807, 2.05) is 30.3 Å². The molecule has 0 bridgehead atoms. The van der Waals surface area contributed by atoms with E-state index in [1.54, 1.807) is 16.4 Å². The smallest absolute Gasteiger partial charge is 0.243 e. The summed E-state index contributed by atoms with van der Waals surface area (Å²) in [4.78, 5) is 15.8. The van der Waals surface area contributed by atoms with Crippen molar-refractivity contribution in [2.45, 2.75) is 50.3 Å². The highest BCUT2D eigenvalue weighted by atomic mass is 32.2. The molecule has 1 unspecified atom stereocenters. The number of hydrogen-bond donors (Lipinski definition) is 0. The molecule has 2 aliphatic heterocycles. The summed E-state index contributed by atoms with van der Waals surface area (Å²) in [6.45, 7) is 5.85.